The number of hydrogen-bond acceptors (Lipinski definition) is 8. The van der Waals surface area contributed by atoms with Gasteiger partial charge in [0.2, 0.25) is 17.8 Å². The first-order chi connectivity index (χ1) is 16.1. The first-order valence-electron chi connectivity index (χ1n) is 10.3. The largest absolute Gasteiger partial charge is 0.449 e. The van der Waals surface area contributed by atoms with Crippen LogP contribution in [0.4, 0.5) is 16.2 Å². The highest BCUT2D eigenvalue weighted by Crippen LogP contribution is 2.30. The van der Waals surface area contributed by atoms with E-state index in [0.717, 1.165) is 12.5 Å². The molecule has 12 heteroatoms. The monoisotopic (exact) mass is 490 g/mol. The highest BCUT2D eigenvalue weighted by Gasteiger charge is 2.20. The van der Waals surface area contributed by atoms with Gasteiger partial charge in [0, 0.05) is 13.8 Å². The number of amides is 3. The molecule has 0 bridgehead atoms. The summed E-state index contributed by atoms with van der Waals surface area (Å²) in [6.07, 6.45) is 0.596. The second-order valence-electron chi connectivity index (χ2n) is 6.97. The van der Waals surface area contributed by atoms with Crippen LogP contribution < -0.4 is 20.1 Å². The van der Waals surface area contributed by atoms with Crippen molar-refractivity contribution >= 4 is 45.4 Å². The number of nitrogens with one attached hydrogen (secondary N) is 3. The van der Waals surface area contributed by atoms with Gasteiger partial charge in [-0.3, -0.25) is 20.2 Å². The summed E-state index contributed by atoms with van der Waals surface area (Å²) in [6.45, 7) is 4.55. The van der Waals surface area contributed by atoms with Gasteiger partial charge < -0.3 is 14.2 Å². The minimum atomic E-state index is -4.26. The number of hydrogen-bond donors (Lipinski definition) is 3. The van der Waals surface area contributed by atoms with Crippen LogP contribution >= 0.6 is 0 Å². The third-order valence-corrected chi connectivity index (χ3v) is 5.24. The van der Waals surface area contributed by atoms with Gasteiger partial charge in [0.05, 0.1) is 18.0 Å². The third-order valence-electron chi connectivity index (χ3n) is 4.00. The zero-order valence-electron chi connectivity index (χ0n) is 19.0. The Morgan fingerprint density at radius 3 is 2.29 bits per heavy atom. The van der Waals surface area contributed by atoms with E-state index >= 15 is 0 Å². The van der Waals surface area contributed by atoms with Crippen molar-refractivity contribution in [3.05, 3.63) is 48.5 Å². The van der Waals surface area contributed by atoms with Gasteiger partial charge in [-0.25, -0.2) is 9.79 Å². The van der Waals surface area contributed by atoms with Gasteiger partial charge in [0.25, 0.3) is 0 Å². The minimum Gasteiger partial charge on any atom is -0.449 e. The molecule has 0 unspecified atom stereocenters. The van der Waals surface area contributed by atoms with Gasteiger partial charge in [0.15, 0.2) is 0 Å². The molecule has 11 nitrogen and oxygen atoms in total. The average Bonchev–Trinajstić information content (AvgIpc) is 2.74. The van der Waals surface area contributed by atoms with Crippen LogP contribution in [0.25, 0.3) is 0 Å². The SMILES string of the molecule is CCCCOC(=O)NC(=Nc1cc(S(=O)(=O)Oc2ccccc2)ccc1NC(C)=O)NC(C)=O. The Kier molecular flexibility index (Phi) is 9.56. The highest BCUT2D eigenvalue weighted by molar-refractivity contribution is 7.87. The number of carbonyl (C=O) groups excluding carboxylic acids is 3. The fraction of sp³-hybridized carbons (Fsp3) is 0.273. The van der Waals surface area contributed by atoms with E-state index in [1.165, 1.54) is 38.1 Å². The molecule has 3 N–H and O–H groups in total. The third kappa shape index (κ3) is 8.54. The van der Waals surface area contributed by atoms with Gasteiger partial charge in [-0.2, -0.15) is 8.42 Å². The topological polar surface area (TPSA) is 152 Å². The number of anilines is 1. The Balaban J connectivity index is 2.44. The molecule has 3 amide bonds. The van der Waals surface area contributed by atoms with Crippen molar-refractivity contribution in [1.82, 2.24) is 10.6 Å². The maximum absolute atomic E-state index is 12.8. The minimum absolute atomic E-state index is 0.0643. The Morgan fingerprint density at radius 2 is 1.68 bits per heavy atom. The van der Waals surface area contributed by atoms with Gasteiger partial charge in [-0.1, -0.05) is 31.5 Å². The number of aliphatic imine (C=N–C) groups is 1. The average molecular weight is 491 g/mol. The molecule has 0 aliphatic heterocycles. The van der Waals surface area contributed by atoms with E-state index in [0.29, 0.717) is 6.42 Å². The Labute approximate surface area is 197 Å². The smallest absolute Gasteiger partial charge is 0.413 e. The van der Waals surface area contributed by atoms with Crippen LogP contribution in [0.15, 0.2) is 58.4 Å². The molecule has 0 aliphatic carbocycles. The molecular weight excluding hydrogens is 464 g/mol. The fourth-order valence-electron chi connectivity index (χ4n) is 2.52. The van der Waals surface area contributed by atoms with Crippen molar-refractivity contribution in [1.29, 1.82) is 0 Å². The molecule has 0 radical (unpaired) electrons. The number of rotatable bonds is 8. The number of ether oxygens (including phenoxy) is 1. The molecule has 0 saturated carbocycles. The fourth-order valence-corrected chi connectivity index (χ4v) is 3.47. The van der Waals surface area contributed by atoms with Crippen LogP contribution in [0.2, 0.25) is 0 Å². The molecule has 182 valence electrons. The van der Waals surface area contributed by atoms with Crippen molar-refractivity contribution in [3.8, 4) is 5.75 Å². The summed E-state index contributed by atoms with van der Waals surface area (Å²) in [5.74, 6) is -1.21. The van der Waals surface area contributed by atoms with Crippen LogP contribution in [0.5, 0.6) is 5.75 Å². The lowest BCUT2D eigenvalue weighted by Gasteiger charge is -2.13. The number of benzene rings is 2. The Morgan fingerprint density at radius 1 is 0.971 bits per heavy atom. The maximum atomic E-state index is 12.8. The van der Waals surface area contributed by atoms with Crippen LogP contribution in [0, 0.1) is 0 Å². The summed E-state index contributed by atoms with van der Waals surface area (Å²) in [4.78, 5) is 39.1. The predicted molar refractivity (Wildman–Crippen MR) is 125 cm³/mol. The summed E-state index contributed by atoms with van der Waals surface area (Å²) in [7, 11) is -4.26. The van der Waals surface area contributed by atoms with E-state index in [9.17, 15) is 22.8 Å². The van der Waals surface area contributed by atoms with Gasteiger partial charge >= 0.3 is 16.2 Å². The summed E-state index contributed by atoms with van der Waals surface area (Å²) in [5, 5.41) is 7.15. The molecule has 0 heterocycles. The van der Waals surface area contributed by atoms with Crippen molar-refractivity contribution in [2.24, 2.45) is 4.99 Å². The number of unbranched alkanes of at least 4 members (excludes halogenated alkanes) is 1. The number of carbonyl (C=O) groups is 3. The molecule has 2 aromatic carbocycles. The molecule has 0 aliphatic rings. The van der Waals surface area contributed by atoms with Crippen LogP contribution in [-0.4, -0.2) is 38.9 Å². The Hall–Kier alpha value is -3.93. The molecule has 0 fully saturated rings. The lowest BCUT2D eigenvalue weighted by Crippen LogP contribution is -2.43. The predicted octanol–water partition coefficient (Wildman–Crippen LogP) is 3.06. The van der Waals surface area contributed by atoms with E-state index < -0.39 is 28.0 Å². The molecule has 34 heavy (non-hydrogen) atoms. The van der Waals surface area contributed by atoms with Crippen molar-refractivity contribution in [2.75, 3.05) is 11.9 Å². The van der Waals surface area contributed by atoms with Crippen molar-refractivity contribution in [2.45, 2.75) is 38.5 Å². The quantitative estimate of drug-likeness (QED) is 0.222. The van der Waals surface area contributed by atoms with E-state index in [-0.39, 0.29) is 34.6 Å². The number of guanidine groups is 1. The normalized spacial score (nSPS) is 11.3. The summed E-state index contributed by atoms with van der Waals surface area (Å²) in [5.41, 5.74) is 0.0701. The summed E-state index contributed by atoms with van der Waals surface area (Å²) in [6, 6.07) is 11.6. The molecule has 0 spiro atoms. The van der Waals surface area contributed by atoms with Crippen molar-refractivity contribution in [3.63, 3.8) is 0 Å². The van der Waals surface area contributed by atoms with Crippen LogP contribution in [0.1, 0.15) is 33.6 Å². The van der Waals surface area contributed by atoms with Gasteiger partial charge in [-0.15, -0.1) is 0 Å². The zero-order chi connectivity index (χ0) is 25.1. The molecule has 0 saturated heterocycles. The van der Waals surface area contributed by atoms with Gasteiger partial charge in [-0.05, 0) is 36.8 Å². The number of alkyl carbamates (subject to hydrolysis) is 1. The first-order valence-corrected chi connectivity index (χ1v) is 11.7. The van der Waals surface area contributed by atoms with Gasteiger partial charge in [0.1, 0.15) is 10.6 Å². The summed E-state index contributed by atoms with van der Waals surface area (Å²) >= 11 is 0. The zero-order valence-corrected chi connectivity index (χ0v) is 19.8. The number of nitrogens with zero attached hydrogens (tertiary/aromatic N) is 1. The maximum Gasteiger partial charge on any atom is 0.413 e. The second kappa shape index (κ2) is 12.3. The lowest BCUT2D eigenvalue weighted by molar-refractivity contribution is -0.117. The van der Waals surface area contributed by atoms with E-state index in [2.05, 4.69) is 20.9 Å². The molecule has 2 aromatic rings. The van der Waals surface area contributed by atoms with Crippen LogP contribution in [-0.2, 0) is 24.4 Å². The van der Waals surface area contributed by atoms with Crippen molar-refractivity contribution < 1.29 is 31.7 Å². The number of para-hydroxylation sites is 1. The van der Waals surface area contributed by atoms with E-state index in [1.807, 2.05) is 6.92 Å². The standard InChI is InChI=1S/C22H26N4O7S/c1-4-5-13-32-22(29)26-21(24-16(3)28)25-20-14-18(11-12-19(20)23-15(2)27)34(30,31)33-17-9-7-6-8-10-17/h6-12,14H,4-5,13H2,1-3H3,(H,23,27)(H2,24,25,26,28,29). The summed E-state index contributed by atoms with van der Waals surface area (Å²) < 4.78 is 35.6. The molecule has 0 atom stereocenters. The molecular formula is C22H26N4O7S. The second-order valence-corrected chi connectivity index (χ2v) is 8.51. The first kappa shape index (κ1) is 26.3. The molecule has 0 aromatic heterocycles. The lowest BCUT2D eigenvalue weighted by atomic mass is 10.2. The van der Waals surface area contributed by atoms with E-state index in [4.69, 9.17) is 8.92 Å². The Bertz CT molecular complexity index is 1170. The van der Waals surface area contributed by atoms with E-state index in [1.54, 1.807) is 18.2 Å². The van der Waals surface area contributed by atoms with Crippen LogP contribution in [0.3, 0.4) is 0 Å². The molecule has 2 rings (SSSR count). The highest BCUT2D eigenvalue weighted by atomic mass is 32.2.